The van der Waals surface area contributed by atoms with E-state index in [4.69, 9.17) is 18.6 Å². The first-order chi connectivity index (χ1) is 18.0. The number of rotatable bonds is 10. The van der Waals surface area contributed by atoms with Crippen molar-refractivity contribution in [3.8, 4) is 34.8 Å². The maximum Gasteiger partial charge on any atom is 0.342 e. The molecule has 1 N–H and O–H groups in total. The van der Waals surface area contributed by atoms with Crippen LogP contribution in [0.2, 0.25) is 0 Å². The van der Waals surface area contributed by atoms with Gasteiger partial charge in [-0.3, -0.25) is 0 Å². The van der Waals surface area contributed by atoms with Gasteiger partial charge in [-0.15, -0.1) is 10.2 Å². The molecular weight excluding hydrogens is 494 g/mol. The van der Waals surface area contributed by atoms with Gasteiger partial charge in [-0.2, -0.15) is 5.26 Å². The van der Waals surface area contributed by atoms with Gasteiger partial charge in [-0.25, -0.2) is 4.79 Å². The van der Waals surface area contributed by atoms with Gasteiger partial charge in [0.2, 0.25) is 5.89 Å². The first kappa shape index (κ1) is 25.3. The Kier molecular flexibility index (Phi) is 8.08. The van der Waals surface area contributed by atoms with Crippen molar-refractivity contribution in [1.82, 2.24) is 10.2 Å². The van der Waals surface area contributed by atoms with Crippen LogP contribution in [0.4, 0.5) is 0 Å². The Bertz CT molecular complexity index is 1470. The summed E-state index contributed by atoms with van der Waals surface area (Å²) in [5.74, 6) is 0.565. The highest BCUT2D eigenvalue weighted by Gasteiger charge is 2.18. The van der Waals surface area contributed by atoms with Crippen LogP contribution in [0, 0.1) is 11.3 Å². The summed E-state index contributed by atoms with van der Waals surface area (Å²) in [6.45, 7) is 0.154. The average molecular weight is 516 g/mol. The van der Waals surface area contributed by atoms with E-state index >= 15 is 0 Å². The summed E-state index contributed by atoms with van der Waals surface area (Å²) >= 11 is 0.816. The SMILES string of the molecule is COc1cc(OC)cc(-c2nnc(S/C(=C\c3ccccc3OCc3ccccc3C#N)C(=O)O)o2)c1. The number of ether oxygens (including phenoxy) is 3. The van der Waals surface area contributed by atoms with Crippen molar-refractivity contribution in [2.24, 2.45) is 0 Å². The molecule has 0 atom stereocenters. The second-order valence-corrected chi connectivity index (χ2v) is 8.48. The minimum atomic E-state index is -1.17. The van der Waals surface area contributed by atoms with Gasteiger partial charge < -0.3 is 23.7 Å². The van der Waals surface area contributed by atoms with Crippen LogP contribution in [0.3, 0.4) is 0 Å². The van der Waals surface area contributed by atoms with E-state index in [1.54, 1.807) is 60.7 Å². The van der Waals surface area contributed by atoms with E-state index < -0.39 is 5.97 Å². The Labute approximate surface area is 216 Å². The van der Waals surface area contributed by atoms with Gasteiger partial charge in [0.05, 0.1) is 25.9 Å². The first-order valence-electron chi connectivity index (χ1n) is 10.9. The molecule has 0 aliphatic rings. The van der Waals surface area contributed by atoms with Crippen LogP contribution in [0.15, 0.2) is 81.3 Å². The van der Waals surface area contributed by atoms with Crippen LogP contribution in [-0.2, 0) is 11.4 Å². The van der Waals surface area contributed by atoms with Gasteiger partial charge in [0.1, 0.15) is 28.8 Å². The molecule has 0 saturated heterocycles. The molecule has 0 aliphatic carbocycles. The highest BCUT2D eigenvalue weighted by atomic mass is 32.2. The first-order valence-corrected chi connectivity index (χ1v) is 11.7. The normalized spacial score (nSPS) is 11.0. The monoisotopic (exact) mass is 515 g/mol. The summed E-state index contributed by atoms with van der Waals surface area (Å²) < 4.78 is 22.2. The van der Waals surface area contributed by atoms with Crippen molar-refractivity contribution in [3.05, 3.63) is 88.3 Å². The predicted molar refractivity (Wildman–Crippen MR) is 136 cm³/mol. The molecule has 0 aliphatic heterocycles. The van der Waals surface area contributed by atoms with Crippen LogP contribution in [-0.4, -0.2) is 35.5 Å². The number of carbonyl (C=O) groups is 1. The smallest absolute Gasteiger partial charge is 0.342 e. The van der Waals surface area contributed by atoms with Crippen molar-refractivity contribution in [3.63, 3.8) is 0 Å². The molecule has 0 amide bonds. The van der Waals surface area contributed by atoms with E-state index in [0.717, 1.165) is 17.3 Å². The lowest BCUT2D eigenvalue weighted by Gasteiger charge is -2.11. The number of benzene rings is 3. The molecule has 3 aromatic carbocycles. The maximum absolute atomic E-state index is 12.0. The largest absolute Gasteiger partial charge is 0.497 e. The molecule has 0 spiro atoms. The Morgan fingerprint density at radius 1 is 1.05 bits per heavy atom. The van der Waals surface area contributed by atoms with Crippen molar-refractivity contribution in [2.45, 2.75) is 11.8 Å². The molecule has 9 nitrogen and oxygen atoms in total. The lowest BCUT2D eigenvalue weighted by Crippen LogP contribution is -2.00. The van der Waals surface area contributed by atoms with Crippen molar-refractivity contribution in [2.75, 3.05) is 14.2 Å². The van der Waals surface area contributed by atoms with Gasteiger partial charge in [0, 0.05) is 22.8 Å². The highest BCUT2D eigenvalue weighted by molar-refractivity contribution is 8.03. The fourth-order valence-corrected chi connectivity index (χ4v) is 3.97. The Morgan fingerprint density at radius 2 is 1.76 bits per heavy atom. The van der Waals surface area contributed by atoms with Crippen LogP contribution < -0.4 is 14.2 Å². The third kappa shape index (κ3) is 6.28. The molecule has 0 fully saturated rings. The lowest BCUT2D eigenvalue weighted by atomic mass is 10.1. The van der Waals surface area contributed by atoms with Gasteiger partial charge in [-0.1, -0.05) is 36.4 Å². The molecule has 4 rings (SSSR count). The van der Waals surface area contributed by atoms with Crippen LogP contribution in [0.5, 0.6) is 17.2 Å². The summed E-state index contributed by atoms with van der Waals surface area (Å²) in [7, 11) is 3.06. The summed E-state index contributed by atoms with van der Waals surface area (Å²) in [5.41, 5.74) is 2.34. The number of methoxy groups -OCH3 is 2. The van der Waals surface area contributed by atoms with Gasteiger partial charge >= 0.3 is 5.97 Å². The zero-order valence-corrected chi connectivity index (χ0v) is 20.7. The Balaban J connectivity index is 1.57. The molecule has 1 heterocycles. The van der Waals surface area contributed by atoms with E-state index in [1.807, 2.05) is 6.07 Å². The quantitative estimate of drug-likeness (QED) is 0.216. The van der Waals surface area contributed by atoms with E-state index in [-0.39, 0.29) is 22.6 Å². The fourth-order valence-electron chi connectivity index (χ4n) is 3.31. The highest BCUT2D eigenvalue weighted by Crippen LogP contribution is 2.34. The van der Waals surface area contributed by atoms with E-state index in [1.165, 1.54) is 20.3 Å². The standard InChI is InChI=1S/C27H21N3O6S/c1-33-21-11-20(12-22(14-21)34-2)25-29-30-27(36-25)37-24(26(31)32)13-17-7-5-6-10-23(17)35-16-19-9-4-3-8-18(19)15-28/h3-14H,16H2,1-2H3,(H,31,32)/b24-13-. The minimum absolute atomic E-state index is 0.0479. The Morgan fingerprint density at radius 3 is 2.46 bits per heavy atom. The van der Waals surface area contributed by atoms with E-state index in [9.17, 15) is 15.2 Å². The predicted octanol–water partition coefficient (Wildman–Crippen LogP) is 5.42. The maximum atomic E-state index is 12.0. The van der Waals surface area contributed by atoms with E-state index in [0.29, 0.717) is 33.9 Å². The zero-order chi connectivity index (χ0) is 26.2. The van der Waals surface area contributed by atoms with Crippen LogP contribution in [0.25, 0.3) is 17.5 Å². The number of nitrogens with zero attached hydrogens (tertiary/aromatic N) is 3. The number of nitriles is 1. The third-order valence-corrected chi connectivity index (χ3v) is 5.99. The number of aromatic nitrogens is 2. The average Bonchev–Trinajstić information content (AvgIpc) is 3.40. The summed E-state index contributed by atoms with van der Waals surface area (Å²) in [5, 5.41) is 27.2. The van der Waals surface area contributed by atoms with E-state index in [2.05, 4.69) is 16.3 Å². The summed E-state index contributed by atoms with van der Waals surface area (Å²) in [6, 6.07) is 21.4. The molecule has 37 heavy (non-hydrogen) atoms. The van der Waals surface area contributed by atoms with Crippen LogP contribution in [0.1, 0.15) is 16.7 Å². The summed E-state index contributed by atoms with van der Waals surface area (Å²) in [6.07, 6.45) is 1.47. The molecular formula is C27H21N3O6S. The second kappa shape index (κ2) is 11.8. The second-order valence-electron chi connectivity index (χ2n) is 7.49. The summed E-state index contributed by atoms with van der Waals surface area (Å²) in [4.78, 5) is 12.0. The lowest BCUT2D eigenvalue weighted by molar-refractivity contribution is -0.131. The fraction of sp³-hybridized carbons (Fsp3) is 0.111. The van der Waals surface area contributed by atoms with Crippen molar-refractivity contribution in [1.29, 1.82) is 5.26 Å². The number of aliphatic carboxylic acids is 1. The number of para-hydroxylation sites is 1. The molecule has 10 heteroatoms. The topological polar surface area (TPSA) is 128 Å². The number of thioether (sulfide) groups is 1. The minimum Gasteiger partial charge on any atom is -0.497 e. The molecule has 0 bridgehead atoms. The molecule has 1 aromatic heterocycles. The molecule has 0 radical (unpaired) electrons. The molecule has 4 aromatic rings. The van der Waals surface area contributed by atoms with Crippen LogP contribution >= 0.6 is 11.8 Å². The van der Waals surface area contributed by atoms with Crippen molar-refractivity contribution < 1.29 is 28.5 Å². The van der Waals surface area contributed by atoms with Gasteiger partial charge in [0.25, 0.3) is 5.22 Å². The van der Waals surface area contributed by atoms with Gasteiger partial charge in [-0.05, 0) is 42.1 Å². The molecule has 0 unspecified atom stereocenters. The van der Waals surface area contributed by atoms with Crippen molar-refractivity contribution >= 4 is 23.8 Å². The zero-order valence-electron chi connectivity index (χ0n) is 19.9. The number of carboxylic acid groups (broad SMARTS) is 1. The van der Waals surface area contributed by atoms with Gasteiger partial charge in [0.15, 0.2) is 0 Å². The number of hydrogen-bond donors (Lipinski definition) is 1. The number of hydrogen-bond acceptors (Lipinski definition) is 9. The number of carboxylic acids is 1. The molecule has 186 valence electrons. The third-order valence-electron chi connectivity index (χ3n) is 5.14. The molecule has 0 saturated carbocycles. The Hall–Kier alpha value is -4.75.